The lowest BCUT2D eigenvalue weighted by Crippen LogP contribution is -2.30. The smallest absolute Gasteiger partial charge is 0.244 e. The molecule has 0 aliphatic carbocycles. The summed E-state index contributed by atoms with van der Waals surface area (Å²) in [6.45, 7) is 0.871. The molecule has 2 aromatic carbocycles. The van der Waals surface area contributed by atoms with Crippen LogP contribution >= 0.6 is 0 Å². The summed E-state index contributed by atoms with van der Waals surface area (Å²) in [6, 6.07) is 17.9. The third-order valence-corrected chi connectivity index (χ3v) is 3.52. The van der Waals surface area contributed by atoms with Gasteiger partial charge in [0.25, 0.3) is 0 Å². The minimum atomic E-state index is 0.0488. The minimum absolute atomic E-state index is 0.0488. The summed E-state index contributed by atoms with van der Waals surface area (Å²) in [5, 5.41) is 5.35. The van der Waals surface area contributed by atoms with Crippen molar-refractivity contribution in [1.29, 1.82) is 0 Å². The Labute approximate surface area is 123 Å². The van der Waals surface area contributed by atoms with Crippen molar-refractivity contribution in [2.45, 2.75) is 13.1 Å². The average molecular weight is 279 g/mol. The highest BCUT2D eigenvalue weighted by atomic mass is 16.2. The molecule has 0 N–H and O–H groups in total. The fourth-order valence-electron chi connectivity index (χ4n) is 2.35. The molecule has 0 radical (unpaired) electrons. The summed E-state index contributed by atoms with van der Waals surface area (Å²) in [5.41, 5.74) is 2.11. The second kappa shape index (κ2) is 5.79. The fourth-order valence-corrected chi connectivity index (χ4v) is 2.35. The fraction of sp³-hybridized carbons (Fsp3) is 0.176. The van der Waals surface area contributed by atoms with Crippen molar-refractivity contribution in [1.82, 2.24) is 14.7 Å². The van der Waals surface area contributed by atoms with Gasteiger partial charge in [-0.15, -0.1) is 0 Å². The molecule has 3 rings (SSSR count). The van der Waals surface area contributed by atoms with Crippen molar-refractivity contribution in [3.8, 4) is 0 Å². The van der Waals surface area contributed by atoms with Gasteiger partial charge < -0.3 is 4.90 Å². The normalized spacial score (nSPS) is 10.7. The van der Waals surface area contributed by atoms with Crippen molar-refractivity contribution in [3.05, 3.63) is 66.4 Å². The molecule has 0 fully saturated rings. The lowest BCUT2D eigenvalue weighted by Gasteiger charge is -2.17. The Morgan fingerprint density at radius 2 is 1.81 bits per heavy atom. The summed E-state index contributed by atoms with van der Waals surface area (Å²) in [6.07, 6.45) is 1.79. The number of fused-ring (bicyclic) bond motifs is 1. The zero-order valence-corrected chi connectivity index (χ0v) is 11.9. The minimum Gasteiger partial charge on any atom is -0.340 e. The number of hydrogen-bond acceptors (Lipinski definition) is 2. The van der Waals surface area contributed by atoms with Crippen LogP contribution in [0.3, 0.4) is 0 Å². The first-order valence-electron chi connectivity index (χ1n) is 6.92. The molecule has 0 unspecified atom stereocenters. The Bertz CT molecular complexity index is 749. The van der Waals surface area contributed by atoms with E-state index in [2.05, 4.69) is 5.10 Å². The summed E-state index contributed by atoms with van der Waals surface area (Å²) in [4.78, 5) is 14.1. The standard InChI is InChI=1S/C17H17N3O/c1-19(12-14-7-3-2-4-8-14)17(21)13-20-16-10-6-5-9-15(16)11-18-20/h2-11H,12-13H2,1H3. The molecule has 0 atom stereocenters. The highest BCUT2D eigenvalue weighted by molar-refractivity contribution is 5.81. The summed E-state index contributed by atoms with van der Waals surface area (Å²) < 4.78 is 1.75. The number of carbonyl (C=O) groups excluding carboxylic acids is 1. The third-order valence-electron chi connectivity index (χ3n) is 3.52. The van der Waals surface area contributed by atoms with Gasteiger partial charge in [-0.25, -0.2) is 0 Å². The van der Waals surface area contributed by atoms with Crippen LogP contribution in [-0.2, 0) is 17.9 Å². The number of benzene rings is 2. The lowest BCUT2D eigenvalue weighted by molar-refractivity contribution is -0.131. The molecule has 21 heavy (non-hydrogen) atoms. The largest absolute Gasteiger partial charge is 0.340 e. The monoisotopic (exact) mass is 279 g/mol. The van der Waals surface area contributed by atoms with Gasteiger partial charge in [-0.1, -0.05) is 48.5 Å². The second-order valence-corrected chi connectivity index (χ2v) is 5.10. The van der Waals surface area contributed by atoms with Crippen LogP contribution in [0.25, 0.3) is 10.9 Å². The quantitative estimate of drug-likeness (QED) is 0.736. The molecule has 1 heterocycles. The molecule has 4 heteroatoms. The Hall–Kier alpha value is -2.62. The number of rotatable bonds is 4. The van der Waals surface area contributed by atoms with E-state index in [1.807, 2.05) is 61.6 Å². The number of carbonyl (C=O) groups is 1. The molecule has 0 saturated heterocycles. The van der Waals surface area contributed by atoms with Gasteiger partial charge in [0.2, 0.25) is 5.91 Å². The first kappa shape index (κ1) is 13.4. The van der Waals surface area contributed by atoms with Gasteiger partial charge in [-0.05, 0) is 11.6 Å². The Kier molecular flexibility index (Phi) is 3.69. The van der Waals surface area contributed by atoms with Gasteiger partial charge in [-0.2, -0.15) is 5.10 Å². The first-order valence-corrected chi connectivity index (χ1v) is 6.92. The van der Waals surface area contributed by atoms with E-state index in [0.717, 1.165) is 16.5 Å². The molecule has 4 nitrogen and oxygen atoms in total. The van der Waals surface area contributed by atoms with E-state index in [1.165, 1.54) is 0 Å². The van der Waals surface area contributed by atoms with E-state index in [4.69, 9.17) is 0 Å². The maximum Gasteiger partial charge on any atom is 0.244 e. The Morgan fingerprint density at radius 3 is 2.62 bits per heavy atom. The van der Waals surface area contributed by atoms with Crippen molar-refractivity contribution < 1.29 is 4.79 Å². The van der Waals surface area contributed by atoms with Crippen molar-refractivity contribution >= 4 is 16.8 Å². The molecule has 106 valence electrons. The molecule has 0 bridgehead atoms. The van der Waals surface area contributed by atoms with Crippen LogP contribution in [0.2, 0.25) is 0 Å². The van der Waals surface area contributed by atoms with E-state index in [1.54, 1.807) is 15.8 Å². The number of amides is 1. The van der Waals surface area contributed by atoms with E-state index < -0.39 is 0 Å². The number of nitrogens with zero attached hydrogens (tertiary/aromatic N) is 3. The number of aromatic nitrogens is 2. The van der Waals surface area contributed by atoms with Gasteiger partial charge >= 0.3 is 0 Å². The molecule has 0 saturated carbocycles. The molecular formula is C17H17N3O. The second-order valence-electron chi connectivity index (χ2n) is 5.10. The zero-order valence-electron chi connectivity index (χ0n) is 11.9. The van der Waals surface area contributed by atoms with E-state index in [-0.39, 0.29) is 12.5 Å². The third kappa shape index (κ3) is 2.94. The van der Waals surface area contributed by atoms with Gasteiger partial charge in [0, 0.05) is 19.0 Å². The topological polar surface area (TPSA) is 38.1 Å². The SMILES string of the molecule is CN(Cc1ccccc1)C(=O)Cn1ncc2ccccc21. The van der Waals surface area contributed by atoms with Crippen molar-refractivity contribution in [3.63, 3.8) is 0 Å². The first-order chi connectivity index (χ1) is 10.2. The molecule has 1 aromatic heterocycles. The number of hydrogen-bond donors (Lipinski definition) is 0. The van der Waals surface area contributed by atoms with Gasteiger partial charge in [0.1, 0.15) is 6.54 Å². The van der Waals surface area contributed by atoms with Crippen LogP contribution in [0.1, 0.15) is 5.56 Å². The average Bonchev–Trinajstić information content (AvgIpc) is 2.91. The van der Waals surface area contributed by atoms with Gasteiger partial charge in [0.15, 0.2) is 0 Å². The molecule has 0 aliphatic rings. The van der Waals surface area contributed by atoms with E-state index in [0.29, 0.717) is 6.54 Å². The van der Waals surface area contributed by atoms with Crippen LogP contribution in [0.15, 0.2) is 60.8 Å². The summed E-state index contributed by atoms with van der Waals surface area (Å²) in [5.74, 6) is 0.0488. The number of likely N-dealkylation sites (N-methyl/N-ethyl adjacent to an activating group) is 1. The van der Waals surface area contributed by atoms with Crippen LogP contribution in [0.5, 0.6) is 0 Å². The number of para-hydroxylation sites is 1. The van der Waals surface area contributed by atoms with Gasteiger partial charge in [-0.3, -0.25) is 9.48 Å². The predicted octanol–water partition coefficient (Wildman–Crippen LogP) is 2.69. The van der Waals surface area contributed by atoms with Crippen LogP contribution < -0.4 is 0 Å². The Balaban J connectivity index is 1.71. The molecule has 0 spiro atoms. The van der Waals surface area contributed by atoms with Crippen molar-refractivity contribution in [2.75, 3.05) is 7.05 Å². The molecular weight excluding hydrogens is 262 g/mol. The Morgan fingerprint density at radius 1 is 1.10 bits per heavy atom. The lowest BCUT2D eigenvalue weighted by atomic mass is 10.2. The maximum atomic E-state index is 12.3. The molecule has 1 amide bonds. The molecule has 0 aliphatic heterocycles. The maximum absolute atomic E-state index is 12.3. The predicted molar refractivity (Wildman–Crippen MR) is 82.6 cm³/mol. The van der Waals surface area contributed by atoms with Crippen LogP contribution in [-0.4, -0.2) is 27.6 Å². The molecule has 3 aromatic rings. The van der Waals surface area contributed by atoms with E-state index in [9.17, 15) is 4.79 Å². The summed E-state index contributed by atoms with van der Waals surface area (Å²) >= 11 is 0. The zero-order chi connectivity index (χ0) is 14.7. The van der Waals surface area contributed by atoms with Crippen LogP contribution in [0, 0.1) is 0 Å². The highest BCUT2D eigenvalue weighted by Gasteiger charge is 2.12. The highest BCUT2D eigenvalue weighted by Crippen LogP contribution is 2.13. The van der Waals surface area contributed by atoms with Crippen LogP contribution in [0.4, 0.5) is 0 Å². The van der Waals surface area contributed by atoms with Gasteiger partial charge in [0.05, 0.1) is 11.7 Å². The summed E-state index contributed by atoms with van der Waals surface area (Å²) in [7, 11) is 1.82. The van der Waals surface area contributed by atoms with E-state index >= 15 is 0 Å². The van der Waals surface area contributed by atoms with Crippen molar-refractivity contribution in [2.24, 2.45) is 0 Å².